The molecule has 6 rings (SSSR count). The van der Waals surface area contributed by atoms with Crippen molar-refractivity contribution in [1.82, 2.24) is 0 Å². The molecule has 0 radical (unpaired) electrons. The van der Waals surface area contributed by atoms with E-state index in [1.807, 2.05) is 103 Å². The van der Waals surface area contributed by atoms with Gasteiger partial charge in [0.15, 0.2) is 0 Å². The van der Waals surface area contributed by atoms with E-state index in [1.165, 1.54) is 101 Å². The first-order valence-electron chi connectivity index (χ1n) is 37.7. The summed E-state index contributed by atoms with van der Waals surface area (Å²) in [5.41, 5.74) is 2.68. The van der Waals surface area contributed by atoms with Crippen LogP contribution < -0.4 is 4.74 Å². The molecule has 0 saturated heterocycles. The Balaban J connectivity index is -0.000000310. The minimum atomic E-state index is 0.0417. The molecule has 11 heteroatoms. The van der Waals surface area contributed by atoms with Crippen molar-refractivity contribution >= 4 is 0 Å². The van der Waals surface area contributed by atoms with Crippen LogP contribution in [0.5, 0.6) is 5.75 Å². The highest BCUT2D eigenvalue weighted by atomic mass is 16.5. The molecule has 2 atom stereocenters. The first-order valence-corrected chi connectivity index (χ1v) is 37.7. The lowest BCUT2D eigenvalue weighted by Gasteiger charge is -2.20. The van der Waals surface area contributed by atoms with E-state index in [4.69, 9.17) is 52.1 Å². The molecular formula is C83H158O11. The van der Waals surface area contributed by atoms with Gasteiger partial charge in [-0.2, -0.15) is 0 Å². The molecule has 3 aromatic rings. The van der Waals surface area contributed by atoms with Crippen LogP contribution in [0.25, 0.3) is 0 Å². The van der Waals surface area contributed by atoms with Crippen molar-refractivity contribution in [3.8, 4) is 5.75 Å². The third-order valence-electron chi connectivity index (χ3n) is 14.4. The molecule has 3 aromatic carbocycles. The third-order valence-corrected chi connectivity index (χ3v) is 14.4. The highest BCUT2D eigenvalue weighted by Gasteiger charge is 2.15. The molecule has 0 heterocycles. The van der Waals surface area contributed by atoms with E-state index in [0.29, 0.717) is 36.4 Å². The predicted molar refractivity (Wildman–Crippen MR) is 408 cm³/mol. The van der Waals surface area contributed by atoms with Gasteiger partial charge in [-0.1, -0.05) is 172 Å². The highest BCUT2D eigenvalue weighted by molar-refractivity contribution is 5.20. The van der Waals surface area contributed by atoms with Crippen LogP contribution in [0.15, 0.2) is 91.0 Å². The maximum atomic E-state index is 5.48. The van der Waals surface area contributed by atoms with Crippen molar-refractivity contribution in [3.05, 3.63) is 102 Å². The zero-order chi connectivity index (χ0) is 71.8. The summed E-state index contributed by atoms with van der Waals surface area (Å²) in [6.45, 7) is 58.8. The van der Waals surface area contributed by atoms with Gasteiger partial charge in [0.25, 0.3) is 0 Å². The van der Waals surface area contributed by atoms with Crippen molar-refractivity contribution in [1.29, 1.82) is 0 Å². The van der Waals surface area contributed by atoms with Gasteiger partial charge in [0.1, 0.15) is 5.75 Å². The molecule has 3 aliphatic rings. The summed E-state index contributed by atoms with van der Waals surface area (Å²) in [6.07, 6.45) is 27.3. The molecule has 11 nitrogen and oxygen atoms in total. The monoisotopic (exact) mass is 1330 g/mol. The SMILES string of the molecule is CCCOC(C)C.CCCOC(C)C(C)C.CCCOC(C)CC.CCOC(C)(C)C.CCOC1CCCC1.CCOC1CCCCC1.CCOCC1CCCCC1.CCOCCc1ccccc1.CCOCc1ccccc1.CCOc1ccccc1.COC(C)(C)C. The number of hydrogen-bond donors (Lipinski definition) is 0. The molecule has 0 aliphatic heterocycles. The highest BCUT2D eigenvalue weighted by Crippen LogP contribution is 2.24. The number of rotatable bonds is 28. The van der Waals surface area contributed by atoms with Crippen LogP contribution in [0.2, 0.25) is 0 Å². The standard InChI is InChI=1S/C10H14O.C9H18O.C9H12O.C8H16O.C8H10O.C8H18O.C7H14O.C7H16O.2C6H14O.C5H12O/c1-2-11-9-8-10-6-4-3-5-7-10;2*1-2-10-8-9-6-4-3-5-7-9;2*1-2-9-8-6-4-3-5-7-8;1-5-6-9-8(4)7(2)3;1-2-8-7-5-3-4-6-7;1-4-6-8-7(3)5-2;1-5-7-6(2,3)4;1-4-5-7-6(2)3;1-5(2,3)6-4/h3-7H,2,8-9H2,1H3;9H,2-8H2,1H3;3-7H,2,8H2,1H3;8H,2-7H2,1H3;3-7H,2H2,1H3;7-8H,5-6H2,1-4H3;7H,2-6H2,1H3;7H,4-6H2,1-3H3;5H2,1-4H3;6H,4-5H2,1-3H3;1-4H3. The number of hydrogen-bond acceptors (Lipinski definition) is 11. The number of methoxy groups -OCH3 is 1. The van der Waals surface area contributed by atoms with Gasteiger partial charge in [0.05, 0.1) is 61.5 Å². The smallest absolute Gasteiger partial charge is 0.119 e. The molecule has 556 valence electrons. The topological polar surface area (TPSA) is 102 Å². The van der Waals surface area contributed by atoms with Crippen LogP contribution in [0.4, 0.5) is 0 Å². The molecule has 3 aliphatic carbocycles. The van der Waals surface area contributed by atoms with Crippen LogP contribution in [-0.2, 0) is 60.4 Å². The summed E-state index contributed by atoms with van der Waals surface area (Å²) in [4.78, 5) is 0. The summed E-state index contributed by atoms with van der Waals surface area (Å²) in [7, 11) is 1.71. The van der Waals surface area contributed by atoms with Crippen LogP contribution in [0.3, 0.4) is 0 Å². The van der Waals surface area contributed by atoms with Gasteiger partial charge in [0.2, 0.25) is 0 Å². The summed E-state index contributed by atoms with van der Waals surface area (Å²) in [5, 5.41) is 0. The Morgan fingerprint density at radius 3 is 1.18 bits per heavy atom. The van der Waals surface area contributed by atoms with Crippen LogP contribution >= 0.6 is 0 Å². The molecule has 2 unspecified atom stereocenters. The van der Waals surface area contributed by atoms with Crippen molar-refractivity contribution < 1.29 is 52.1 Å². The number of benzene rings is 3. The van der Waals surface area contributed by atoms with Gasteiger partial charge >= 0.3 is 0 Å². The summed E-state index contributed by atoms with van der Waals surface area (Å²) >= 11 is 0. The lowest BCUT2D eigenvalue weighted by Crippen LogP contribution is -2.18. The van der Waals surface area contributed by atoms with Gasteiger partial charge in [-0.3, -0.25) is 0 Å². The molecular weight excluding hydrogens is 1170 g/mol. The van der Waals surface area contributed by atoms with Crippen LogP contribution in [-0.4, -0.2) is 128 Å². The van der Waals surface area contributed by atoms with E-state index in [1.54, 1.807) is 7.11 Å². The molecule has 0 N–H and O–H groups in total. The van der Waals surface area contributed by atoms with Crippen molar-refractivity contribution in [2.45, 2.75) is 330 Å². The van der Waals surface area contributed by atoms with E-state index in [2.05, 4.69) is 147 Å². The lowest BCUT2D eigenvalue weighted by atomic mass is 9.90. The average Bonchev–Trinajstić information content (AvgIpc) is 3.93. The first-order chi connectivity index (χ1) is 45.0. The van der Waals surface area contributed by atoms with Gasteiger partial charge in [-0.15, -0.1) is 0 Å². The predicted octanol–water partition coefficient (Wildman–Crippen LogP) is 23.2. The van der Waals surface area contributed by atoms with E-state index < -0.39 is 0 Å². The minimum absolute atomic E-state index is 0.0417. The molecule has 0 amide bonds. The number of ether oxygens (including phenoxy) is 11. The summed E-state index contributed by atoms with van der Waals surface area (Å²) in [5.74, 6) is 2.48. The normalized spacial score (nSPS) is 14.3. The third kappa shape index (κ3) is 83.3. The second-order valence-electron chi connectivity index (χ2n) is 26.2. The second kappa shape index (κ2) is 75.8. The van der Waals surface area contributed by atoms with Gasteiger partial charge in [-0.25, -0.2) is 0 Å². The lowest BCUT2D eigenvalue weighted by molar-refractivity contribution is 0.00530. The molecule has 3 saturated carbocycles. The van der Waals surface area contributed by atoms with E-state index in [9.17, 15) is 0 Å². The van der Waals surface area contributed by atoms with E-state index in [-0.39, 0.29) is 11.2 Å². The molecule has 3 fully saturated rings. The zero-order valence-corrected chi connectivity index (χ0v) is 66.3. The Morgan fingerprint density at radius 2 is 0.830 bits per heavy atom. The largest absolute Gasteiger partial charge is 0.494 e. The van der Waals surface area contributed by atoms with Gasteiger partial charge in [0, 0.05) is 73.2 Å². The van der Waals surface area contributed by atoms with Gasteiger partial charge in [-0.05, 0) is 223 Å². The molecule has 0 bridgehead atoms. The van der Waals surface area contributed by atoms with Crippen molar-refractivity contribution in [2.75, 3.05) is 86.4 Å². The fraction of sp³-hybridized carbons (Fsp3) is 0.783. The Hall–Kier alpha value is -2.94. The summed E-state index contributed by atoms with van der Waals surface area (Å²) in [6, 6.07) is 30.4. The summed E-state index contributed by atoms with van der Waals surface area (Å²) < 4.78 is 58.1. The first kappa shape index (κ1) is 99.7. The Kier molecular flexibility index (Phi) is 80.4. The average molecular weight is 1330 g/mol. The Bertz CT molecular complexity index is 1780. The Labute approximate surface area is 585 Å². The number of para-hydroxylation sites is 1. The quantitative estimate of drug-likeness (QED) is 0.0650. The van der Waals surface area contributed by atoms with Crippen LogP contribution in [0, 0.1) is 11.8 Å². The van der Waals surface area contributed by atoms with Crippen molar-refractivity contribution in [2.24, 2.45) is 11.8 Å². The molecule has 0 spiro atoms. The molecule has 94 heavy (non-hydrogen) atoms. The second-order valence-corrected chi connectivity index (χ2v) is 26.2. The fourth-order valence-corrected chi connectivity index (χ4v) is 8.57. The van der Waals surface area contributed by atoms with Gasteiger partial charge < -0.3 is 52.1 Å². The van der Waals surface area contributed by atoms with E-state index in [0.717, 1.165) is 130 Å². The molecule has 0 aromatic heterocycles. The zero-order valence-electron chi connectivity index (χ0n) is 66.3. The maximum absolute atomic E-state index is 5.48. The maximum Gasteiger partial charge on any atom is 0.119 e. The minimum Gasteiger partial charge on any atom is -0.494 e. The fourth-order valence-electron chi connectivity index (χ4n) is 8.57. The van der Waals surface area contributed by atoms with E-state index >= 15 is 0 Å². The Morgan fingerprint density at radius 1 is 0.415 bits per heavy atom. The van der Waals surface area contributed by atoms with Crippen molar-refractivity contribution in [3.63, 3.8) is 0 Å². The van der Waals surface area contributed by atoms with Crippen LogP contribution in [0.1, 0.15) is 286 Å².